The SMILES string of the molecule is CCCc1nc(CC2CCCCO2)sc1CNC(C)C. The minimum absolute atomic E-state index is 0.398. The molecule has 1 aromatic rings. The van der Waals surface area contributed by atoms with E-state index in [0.717, 1.165) is 32.4 Å². The summed E-state index contributed by atoms with van der Waals surface area (Å²) in [4.78, 5) is 6.29. The first-order valence-corrected chi connectivity index (χ1v) is 8.83. The van der Waals surface area contributed by atoms with E-state index in [0.29, 0.717) is 12.1 Å². The van der Waals surface area contributed by atoms with Gasteiger partial charge in [0.25, 0.3) is 0 Å². The van der Waals surface area contributed by atoms with Crippen molar-refractivity contribution < 1.29 is 4.74 Å². The van der Waals surface area contributed by atoms with Crippen LogP contribution in [0.25, 0.3) is 0 Å². The standard InChI is InChI=1S/C16H28N2OS/c1-4-7-14-15(11-17-12(2)3)20-16(18-14)10-13-8-5-6-9-19-13/h12-13,17H,4-11H2,1-3H3. The molecular weight excluding hydrogens is 268 g/mol. The second-order valence-corrected chi connectivity index (χ2v) is 7.12. The zero-order valence-corrected chi connectivity index (χ0v) is 13.9. The van der Waals surface area contributed by atoms with Gasteiger partial charge < -0.3 is 10.1 Å². The van der Waals surface area contributed by atoms with E-state index in [1.165, 1.54) is 34.8 Å². The van der Waals surface area contributed by atoms with Crippen molar-refractivity contribution in [3.8, 4) is 0 Å². The van der Waals surface area contributed by atoms with Crippen molar-refractivity contribution in [2.75, 3.05) is 6.61 Å². The largest absolute Gasteiger partial charge is 0.378 e. The third kappa shape index (κ3) is 4.83. The van der Waals surface area contributed by atoms with Gasteiger partial charge in [0.05, 0.1) is 16.8 Å². The van der Waals surface area contributed by atoms with Gasteiger partial charge in [-0.25, -0.2) is 4.98 Å². The maximum absolute atomic E-state index is 5.84. The second kappa shape index (κ2) is 8.11. The Kier molecular flexibility index (Phi) is 6.46. The average molecular weight is 296 g/mol. The Morgan fingerprint density at radius 3 is 2.90 bits per heavy atom. The highest BCUT2D eigenvalue weighted by atomic mass is 32.1. The summed E-state index contributed by atoms with van der Waals surface area (Å²) >= 11 is 1.88. The average Bonchev–Trinajstić information content (AvgIpc) is 2.80. The first-order valence-electron chi connectivity index (χ1n) is 8.01. The molecule has 4 heteroatoms. The summed E-state index contributed by atoms with van der Waals surface area (Å²) in [6, 6.07) is 0.525. The molecule has 1 fully saturated rings. The third-order valence-corrected chi connectivity index (χ3v) is 4.78. The van der Waals surface area contributed by atoms with Crippen molar-refractivity contribution in [1.82, 2.24) is 10.3 Å². The number of rotatable bonds is 7. The van der Waals surface area contributed by atoms with Gasteiger partial charge in [-0.05, 0) is 25.7 Å². The summed E-state index contributed by atoms with van der Waals surface area (Å²) in [6.07, 6.45) is 7.38. The lowest BCUT2D eigenvalue weighted by Crippen LogP contribution is -2.21. The van der Waals surface area contributed by atoms with Crippen molar-refractivity contribution >= 4 is 11.3 Å². The third-order valence-electron chi connectivity index (χ3n) is 3.66. The molecule has 1 unspecified atom stereocenters. The summed E-state index contributed by atoms with van der Waals surface area (Å²) in [5.41, 5.74) is 1.30. The molecule has 0 bridgehead atoms. The molecule has 1 aliphatic rings. The van der Waals surface area contributed by atoms with Crippen molar-refractivity contribution in [1.29, 1.82) is 0 Å². The molecule has 1 aromatic heterocycles. The first-order chi connectivity index (χ1) is 9.69. The van der Waals surface area contributed by atoms with Crippen LogP contribution >= 0.6 is 11.3 Å². The van der Waals surface area contributed by atoms with Crippen LogP contribution in [-0.2, 0) is 24.1 Å². The molecule has 20 heavy (non-hydrogen) atoms. The number of nitrogens with one attached hydrogen (secondary N) is 1. The second-order valence-electron chi connectivity index (χ2n) is 5.96. The topological polar surface area (TPSA) is 34.1 Å². The molecule has 1 saturated heterocycles. The molecule has 3 nitrogen and oxygen atoms in total. The molecule has 0 saturated carbocycles. The molecule has 0 amide bonds. The molecule has 1 atom stereocenters. The highest BCUT2D eigenvalue weighted by Gasteiger charge is 2.18. The van der Waals surface area contributed by atoms with E-state index in [2.05, 4.69) is 26.1 Å². The van der Waals surface area contributed by atoms with Gasteiger partial charge >= 0.3 is 0 Å². The van der Waals surface area contributed by atoms with Crippen molar-refractivity contribution in [2.24, 2.45) is 0 Å². The van der Waals surface area contributed by atoms with Crippen LogP contribution < -0.4 is 5.32 Å². The molecule has 2 heterocycles. The lowest BCUT2D eigenvalue weighted by molar-refractivity contribution is 0.0167. The van der Waals surface area contributed by atoms with Gasteiger partial charge in [0, 0.05) is 30.5 Å². The maximum Gasteiger partial charge on any atom is 0.0957 e. The molecule has 0 aromatic carbocycles. The fourth-order valence-corrected chi connectivity index (χ4v) is 3.68. The van der Waals surface area contributed by atoms with Crippen molar-refractivity contribution in [3.05, 3.63) is 15.6 Å². The fourth-order valence-electron chi connectivity index (χ4n) is 2.55. The molecule has 2 rings (SSSR count). The van der Waals surface area contributed by atoms with Gasteiger partial charge in [0.1, 0.15) is 0 Å². The predicted molar refractivity (Wildman–Crippen MR) is 85.4 cm³/mol. The molecular formula is C16H28N2OS. The van der Waals surface area contributed by atoms with E-state index >= 15 is 0 Å². The predicted octanol–water partition coefficient (Wildman–Crippen LogP) is 3.71. The van der Waals surface area contributed by atoms with Crippen LogP contribution in [0.2, 0.25) is 0 Å². The Morgan fingerprint density at radius 1 is 1.40 bits per heavy atom. The number of hydrogen-bond donors (Lipinski definition) is 1. The number of hydrogen-bond acceptors (Lipinski definition) is 4. The molecule has 0 aliphatic carbocycles. The minimum atomic E-state index is 0.398. The van der Waals surface area contributed by atoms with Crippen LogP contribution in [0.5, 0.6) is 0 Å². The minimum Gasteiger partial charge on any atom is -0.378 e. The van der Waals surface area contributed by atoms with E-state index in [1.807, 2.05) is 11.3 Å². The van der Waals surface area contributed by atoms with Crippen LogP contribution in [0.1, 0.15) is 62.0 Å². The summed E-state index contributed by atoms with van der Waals surface area (Å²) in [5, 5.41) is 4.78. The summed E-state index contributed by atoms with van der Waals surface area (Å²) in [7, 11) is 0. The van der Waals surface area contributed by atoms with Crippen LogP contribution in [0.3, 0.4) is 0 Å². The van der Waals surface area contributed by atoms with Gasteiger partial charge in [0.2, 0.25) is 0 Å². The zero-order chi connectivity index (χ0) is 14.4. The number of thiazole rings is 1. The maximum atomic E-state index is 5.84. The fraction of sp³-hybridized carbons (Fsp3) is 0.812. The lowest BCUT2D eigenvalue weighted by atomic mass is 10.1. The van der Waals surface area contributed by atoms with Gasteiger partial charge in [0.15, 0.2) is 0 Å². The van der Waals surface area contributed by atoms with Crippen molar-refractivity contribution in [2.45, 2.75) is 78.0 Å². The summed E-state index contributed by atoms with van der Waals surface area (Å²) < 4.78 is 5.84. The Labute approximate surface area is 127 Å². The van der Waals surface area contributed by atoms with E-state index < -0.39 is 0 Å². The van der Waals surface area contributed by atoms with Crippen LogP contribution in [0, 0.1) is 0 Å². The molecule has 1 N–H and O–H groups in total. The highest BCUT2D eigenvalue weighted by molar-refractivity contribution is 7.11. The van der Waals surface area contributed by atoms with Gasteiger partial charge in [-0.1, -0.05) is 27.2 Å². The highest BCUT2D eigenvalue weighted by Crippen LogP contribution is 2.24. The Bertz CT molecular complexity index is 397. The van der Waals surface area contributed by atoms with E-state index in [9.17, 15) is 0 Å². The number of ether oxygens (including phenoxy) is 1. The Morgan fingerprint density at radius 2 is 2.25 bits per heavy atom. The Balaban J connectivity index is 1.99. The Hall–Kier alpha value is -0.450. The quantitative estimate of drug-likeness (QED) is 0.833. The number of aryl methyl sites for hydroxylation is 1. The molecule has 114 valence electrons. The van der Waals surface area contributed by atoms with Gasteiger partial charge in [-0.15, -0.1) is 11.3 Å². The molecule has 0 radical (unpaired) electrons. The summed E-state index contributed by atoms with van der Waals surface area (Å²) in [6.45, 7) is 8.49. The van der Waals surface area contributed by atoms with Crippen LogP contribution in [0.4, 0.5) is 0 Å². The normalized spacial score (nSPS) is 19.7. The number of aromatic nitrogens is 1. The summed E-state index contributed by atoms with van der Waals surface area (Å²) in [5.74, 6) is 0. The smallest absolute Gasteiger partial charge is 0.0957 e. The zero-order valence-electron chi connectivity index (χ0n) is 13.1. The van der Waals surface area contributed by atoms with Crippen LogP contribution in [-0.4, -0.2) is 23.7 Å². The first kappa shape index (κ1) is 15.9. The van der Waals surface area contributed by atoms with E-state index in [1.54, 1.807) is 0 Å². The van der Waals surface area contributed by atoms with Gasteiger partial charge in [-0.3, -0.25) is 0 Å². The lowest BCUT2D eigenvalue weighted by Gasteiger charge is -2.21. The van der Waals surface area contributed by atoms with E-state index in [4.69, 9.17) is 9.72 Å². The molecule has 1 aliphatic heterocycles. The van der Waals surface area contributed by atoms with E-state index in [-0.39, 0.29) is 0 Å². The van der Waals surface area contributed by atoms with Crippen molar-refractivity contribution in [3.63, 3.8) is 0 Å². The van der Waals surface area contributed by atoms with Gasteiger partial charge in [-0.2, -0.15) is 0 Å². The molecule has 0 spiro atoms. The van der Waals surface area contributed by atoms with Crippen LogP contribution in [0.15, 0.2) is 0 Å². The monoisotopic (exact) mass is 296 g/mol. The number of nitrogens with zero attached hydrogens (tertiary/aromatic N) is 1.